The first-order chi connectivity index (χ1) is 10.8. The maximum absolute atomic E-state index is 12.1. The molecule has 1 aromatic rings. The number of nitrogens with zero attached hydrogens (tertiary/aromatic N) is 2. The fourth-order valence-electron chi connectivity index (χ4n) is 2.22. The van der Waals surface area contributed by atoms with Crippen LogP contribution in [0.15, 0.2) is 30.3 Å². The van der Waals surface area contributed by atoms with Gasteiger partial charge in [0.25, 0.3) is 5.91 Å². The third-order valence-electron chi connectivity index (χ3n) is 3.39. The highest BCUT2D eigenvalue weighted by Crippen LogP contribution is 2.12. The van der Waals surface area contributed by atoms with E-state index in [0.29, 0.717) is 31.9 Å². The van der Waals surface area contributed by atoms with E-state index in [0.717, 1.165) is 0 Å². The SMILES string of the molecule is CC(C)(C)OC(=O)N1CCN(C(=O)COc2ccccc2)CC1. The first-order valence-corrected chi connectivity index (χ1v) is 7.79. The first-order valence-electron chi connectivity index (χ1n) is 7.79. The molecule has 6 heteroatoms. The Kier molecular flexibility index (Phi) is 5.47. The zero-order valence-electron chi connectivity index (χ0n) is 13.9. The topological polar surface area (TPSA) is 59.1 Å². The van der Waals surface area contributed by atoms with Gasteiger partial charge in [0.05, 0.1) is 0 Å². The summed E-state index contributed by atoms with van der Waals surface area (Å²) in [7, 11) is 0. The maximum Gasteiger partial charge on any atom is 0.410 e. The van der Waals surface area contributed by atoms with E-state index in [2.05, 4.69) is 0 Å². The van der Waals surface area contributed by atoms with Crippen molar-refractivity contribution >= 4 is 12.0 Å². The van der Waals surface area contributed by atoms with Gasteiger partial charge in [-0.25, -0.2) is 4.79 Å². The van der Waals surface area contributed by atoms with Crippen LogP contribution in [-0.2, 0) is 9.53 Å². The van der Waals surface area contributed by atoms with Crippen molar-refractivity contribution < 1.29 is 19.1 Å². The number of carbonyl (C=O) groups excluding carboxylic acids is 2. The summed E-state index contributed by atoms with van der Waals surface area (Å²) < 4.78 is 10.8. The van der Waals surface area contributed by atoms with Gasteiger partial charge in [-0.3, -0.25) is 4.79 Å². The number of rotatable bonds is 3. The minimum absolute atomic E-state index is 0.0104. The molecule has 0 aliphatic carbocycles. The van der Waals surface area contributed by atoms with Crippen molar-refractivity contribution in [2.24, 2.45) is 0 Å². The fraction of sp³-hybridized carbons (Fsp3) is 0.529. The van der Waals surface area contributed by atoms with Crippen LogP contribution in [0.25, 0.3) is 0 Å². The van der Waals surface area contributed by atoms with Gasteiger partial charge in [-0.15, -0.1) is 0 Å². The molecule has 0 spiro atoms. The largest absolute Gasteiger partial charge is 0.484 e. The third kappa shape index (κ3) is 5.47. The minimum Gasteiger partial charge on any atom is -0.484 e. The quantitative estimate of drug-likeness (QED) is 0.856. The molecule has 1 heterocycles. The van der Waals surface area contributed by atoms with Crippen LogP contribution >= 0.6 is 0 Å². The zero-order valence-corrected chi connectivity index (χ0v) is 13.9. The first kappa shape index (κ1) is 17.1. The zero-order chi connectivity index (χ0) is 16.9. The molecule has 1 fully saturated rings. The van der Waals surface area contributed by atoms with Crippen LogP contribution in [0.1, 0.15) is 20.8 Å². The molecule has 1 aliphatic rings. The predicted octanol–water partition coefficient (Wildman–Crippen LogP) is 2.14. The number of amides is 2. The Hall–Kier alpha value is -2.24. The molecule has 0 saturated carbocycles. The van der Waals surface area contributed by atoms with E-state index in [1.54, 1.807) is 9.80 Å². The summed E-state index contributed by atoms with van der Waals surface area (Å²) in [5.74, 6) is 0.603. The smallest absolute Gasteiger partial charge is 0.410 e. The van der Waals surface area contributed by atoms with Gasteiger partial charge in [0.15, 0.2) is 6.61 Å². The number of para-hydroxylation sites is 1. The number of carbonyl (C=O) groups is 2. The molecule has 6 nitrogen and oxygen atoms in total. The average molecular weight is 320 g/mol. The molecule has 23 heavy (non-hydrogen) atoms. The summed E-state index contributed by atoms with van der Waals surface area (Å²) in [6.45, 7) is 7.48. The third-order valence-corrected chi connectivity index (χ3v) is 3.39. The van der Waals surface area contributed by atoms with Gasteiger partial charge in [0.1, 0.15) is 11.4 Å². The second kappa shape index (κ2) is 7.35. The average Bonchev–Trinajstić information content (AvgIpc) is 2.52. The Labute approximate surface area is 137 Å². The molecule has 0 bridgehead atoms. The monoisotopic (exact) mass is 320 g/mol. The van der Waals surface area contributed by atoms with Crippen LogP contribution in [0.2, 0.25) is 0 Å². The van der Waals surface area contributed by atoms with E-state index in [4.69, 9.17) is 9.47 Å². The van der Waals surface area contributed by atoms with E-state index >= 15 is 0 Å². The highest BCUT2D eigenvalue weighted by Gasteiger charge is 2.27. The van der Waals surface area contributed by atoms with Gasteiger partial charge in [0, 0.05) is 26.2 Å². The van der Waals surface area contributed by atoms with Gasteiger partial charge >= 0.3 is 6.09 Å². The molecular weight excluding hydrogens is 296 g/mol. The minimum atomic E-state index is -0.506. The van der Waals surface area contributed by atoms with Crippen molar-refractivity contribution in [2.75, 3.05) is 32.8 Å². The summed E-state index contributed by atoms with van der Waals surface area (Å²) in [5, 5.41) is 0. The number of hydrogen-bond acceptors (Lipinski definition) is 4. The Morgan fingerprint density at radius 2 is 1.57 bits per heavy atom. The maximum atomic E-state index is 12.1. The molecular formula is C17H24N2O4. The van der Waals surface area contributed by atoms with Gasteiger partial charge in [0.2, 0.25) is 0 Å². The standard InChI is InChI=1S/C17H24N2O4/c1-17(2,3)23-16(21)19-11-9-18(10-12-19)15(20)13-22-14-7-5-4-6-8-14/h4-8H,9-13H2,1-3H3. The summed E-state index contributed by atoms with van der Waals surface area (Å²) in [6, 6.07) is 9.24. The van der Waals surface area contributed by atoms with Gasteiger partial charge < -0.3 is 19.3 Å². The molecule has 1 aliphatic heterocycles. The van der Waals surface area contributed by atoms with Crippen LogP contribution in [0.5, 0.6) is 5.75 Å². The molecule has 2 rings (SSSR count). The summed E-state index contributed by atoms with van der Waals surface area (Å²) in [6.07, 6.45) is -0.329. The molecule has 0 N–H and O–H groups in total. The van der Waals surface area contributed by atoms with Crippen molar-refractivity contribution in [3.63, 3.8) is 0 Å². The Morgan fingerprint density at radius 1 is 1.00 bits per heavy atom. The second-order valence-electron chi connectivity index (χ2n) is 6.45. The Bertz CT molecular complexity index is 531. The van der Waals surface area contributed by atoms with Crippen LogP contribution in [-0.4, -0.2) is 60.2 Å². The van der Waals surface area contributed by atoms with Crippen molar-refractivity contribution in [3.8, 4) is 5.75 Å². The lowest BCUT2D eigenvalue weighted by molar-refractivity contribution is -0.135. The van der Waals surface area contributed by atoms with Gasteiger partial charge in [-0.1, -0.05) is 18.2 Å². The molecule has 0 radical (unpaired) electrons. The van der Waals surface area contributed by atoms with Crippen LogP contribution < -0.4 is 4.74 Å². The lowest BCUT2D eigenvalue weighted by Gasteiger charge is -2.35. The lowest BCUT2D eigenvalue weighted by atomic mass is 10.2. The second-order valence-corrected chi connectivity index (χ2v) is 6.45. The molecule has 126 valence electrons. The van der Waals surface area contributed by atoms with Gasteiger partial charge in [-0.05, 0) is 32.9 Å². The van der Waals surface area contributed by atoms with E-state index in [-0.39, 0.29) is 18.6 Å². The van der Waals surface area contributed by atoms with Gasteiger partial charge in [-0.2, -0.15) is 0 Å². The normalized spacial score (nSPS) is 15.3. The van der Waals surface area contributed by atoms with E-state index in [1.807, 2.05) is 51.1 Å². The summed E-state index contributed by atoms with van der Waals surface area (Å²) in [4.78, 5) is 27.5. The molecule has 0 unspecified atom stereocenters. The van der Waals surface area contributed by atoms with E-state index in [9.17, 15) is 9.59 Å². The van der Waals surface area contributed by atoms with Crippen LogP contribution in [0.4, 0.5) is 4.79 Å². The van der Waals surface area contributed by atoms with E-state index in [1.165, 1.54) is 0 Å². The fourth-order valence-corrected chi connectivity index (χ4v) is 2.22. The predicted molar refractivity (Wildman–Crippen MR) is 86.3 cm³/mol. The van der Waals surface area contributed by atoms with E-state index < -0.39 is 5.60 Å². The summed E-state index contributed by atoms with van der Waals surface area (Å²) in [5.41, 5.74) is -0.506. The number of piperazine rings is 1. The molecule has 0 aromatic heterocycles. The van der Waals surface area contributed by atoms with Crippen molar-refractivity contribution in [2.45, 2.75) is 26.4 Å². The molecule has 1 aromatic carbocycles. The molecule has 0 atom stereocenters. The number of hydrogen-bond donors (Lipinski definition) is 0. The highest BCUT2D eigenvalue weighted by atomic mass is 16.6. The Balaban J connectivity index is 1.75. The lowest BCUT2D eigenvalue weighted by Crippen LogP contribution is -2.52. The van der Waals surface area contributed by atoms with Crippen LogP contribution in [0.3, 0.4) is 0 Å². The number of benzene rings is 1. The molecule has 1 saturated heterocycles. The Morgan fingerprint density at radius 3 is 2.13 bits per heavy atom. The number of ether oxygens (including phenoxy) is 2. The molecule has 2 amide bonds. The summed E-state index contributed by atoms with van der Waals surface area (Å²) >= 11 is 0. The van der Waals surface area contributed by atoms with Crippen molar-refractivity contribution in [1.82, 2.24) is 9.80 Å². The van der Waals surface area contributed by atoms with Crippen molar-refractivity contribution in [1.29, 1.82) is 0 Å². The van der Waals surface area contributed by atoms with Crippen LogP contribution in [0, 0.1) is 0 Å². The highest BCUT2D eigenvalue weighted by molar-refractivity contribution is 5.78. The van der Waals surface area contributed by atoms with Crippen molar-refractivity contribution in [3.05, 3.63) is 30.3 Å².